The predicted octanol–water partition coefficient (Wildman–Crippen LogP) is 4.65. The van der Waals surface area contributed by atoms with Crippen molar-refractivity contribution < 1.29 is 4.79 Å². The number of amides is 1. The number of benzene rings is 2. The molecule has 0 saturated carbocycles. The van der Waals surface area contributed by atoms with Crippen LogP contribution in [0.25, 0.3) is 0 Å². The quantitative estimate of drug-likeness (QED) is 0.804. The van der Waals surface area contributed by atoms with Crippen LogP contribution < -0.4 is 0 Å². The summed E-state index contributed by atoms with van der Waals surface area (Å²) >= 11 is 0. The number of rotatable bonds is 4. The van der Waals surface area contributed by atoms with Crippen molar-refractivity contribution in [3.63, 3.8) is 0 Å². The van der Waals surface area contributed by atoms with Crippen LogP contribution in [0.1, 0.15) is 49.2 Å². The highest BCUT2D eigenvalue weighted by atomic mass is 16.2. The normalized spacial score (nSPS) is 11.3. The van der Waals surface area contributed by atoms with Gasteiger partial charge in [-0.1, -0.05) is 63.2 Å². The van der Waals surface area contributed by atoms with Crippen LogP contribution in [0.2, 0.25) is 0 Å². The molecule has 1 amide bonds. The molecule has 0 aromatic heterocycles. The van der Waals surface area contributed by atoms with Crippen molar-refractivity contribution in [1.82, 2.24) is 4.90 Å². The van der Waals surface area contributed by atoms with Gasteiger partial charge in [0.15, 0.2) is 0 Å². The van der Waals surface area contributed by atoms with E-state index < -0.39 is 0 Å². The summed E-state index contributed by atoms with van der Waals surface area (Å²) in [6, 6.07) is 18.1. The lowest BCUT2D eigenvalue weighted by Gasteiger charge is -2.22. The molecule has 0 saturated heterocycles. The van der Waals surface area contributed by atoms with E-state index in [0.29, 0.717) is 13.1 Å². The van der Waals surface area contributed by atoms with Crippen molar-refractivity contribution in [3.05, 3.63) is 71.3 Å². The molecule has 0 aliphatic heterocycles. The molecule has 2 aromatic carbocycles. The van der Waals surface area contributed by atoms with Crippen LogP contribution in [0.3, 0.4) is 0 Å². The molecule has 2 heteroatoms. The fourth-order valence-corrected chi connectivity index (χ4v) is 2.43. The van der Waals surface area contributed by atoms with Crippen LogP contribution in [0.4, 0.5) is 0 Å². The van der Waals surface area contributed by atoms with Crippen LogP contribution in [0.5, 0.6) is 0 Å². The fourth-order valence-electron chi connectivity index (χ4n) is 2.43. The third kappa shape index (κ3) is 3.97. The smallest absolute Gasteiger partial charge is 0.254 e. The van der Waals surface area contributed by atoms with E-state index in [4.69, 9.17) is 0 Å². The molecule has 0 radical (unpaired) electrons. The molecule has 0 spiro atoms. The van der Waals surface area contributed by atoms with Gasteiger partial charge < -0.3 is 4.90 Å². The number of nitrogens with zero attached hydrogens (tertiary/aromatic N) is 1. The Morgan fingerprint density at radius 1 is 0.955 bits per heavy atom. The summed E-state index contributed by atoms with van der Waals surface area (Å²) in [7, 11) is 0. The number of carbonyl (C=O) groups is 1. The third-order valence-electron chi connectivity index (χ3n) is 3.88. The van der Waals surface area contributed by atoms with Crippen LogP contribution in [-0.4, -0.2) is 17.4 Å². The molecule has 22 heavy (non-hydrogen) atoms. The molecule has 0 heterocycles. The van der Waals surface area contributed by atoms with Gasteiger partial charge >= 0.3 is 0 Å². The van der Waals surface area contributed by atoms with E-state index in [2.05, 4.69) is 45.0 Å². The van der Waals surface area contributed by atoms with Gasteiger partial charge in [-0.05, 0) is 35.6 Å². The minimum Gasteiger partial charge on any atom is -0.335 e. The zero-order valence-corrected chi connectivity index (χ0v) is 14.0. The van der Waals surface area contributed by atoms with Crippen molar-refractivity contribution in [2.24, 2.45) is 0 Å². The predicted molar refractivity (Wildman–Crippen MR) is 92.0 cm³/mol. The highest BCUT2D eigenvalue weighted by molar-refractivity contribution is 5.94. The maximum atomic E-state index is 12.7. The van der Waals surface area contributed by atoms with Crippen molar-refractivity contribution in [3.8, 4) is 0 Å². The lowest BCUT2D eigenvalue weighted by atomic mass is 9.86. The van der Waals surface area contributed by atoms with E-state index in [1.54, 1.807) is 0 Å². The van der Waals surface area contributed by atoms with E-state index in [1.807, 2.05) is 42.2 Å². The lowest BCUT2D eigenvalue weighted by Crippen LogP contribution is -2.30. The van der Waals surface area contributed by atoms with E-state index in [9.17, 15) is 4.79 Å². The topological polar surface area (TPSA) is 20.3 Å². The Kier molecular flexibility index (Phi) is 5.02. The first-order valence-corrected chi connectivity index (χ1v) is 7.85. The zero-order chi connectivity index (χ0) is 16.2. The second kappa shape index (κ2) is 6.78. The first-order chi connectivity index (χ1) is 10.4. The van der Waals surface area contributed by atoms with Gasteiger partial charge in [0.25, 0.3) is 5.91 Å². The third-order valence-corrected chi connectivity index (χ3v) is 3.88. The Bertz CT molecular complexity index is 608. The molecule has 0 N–H and O–H groups in total. The van der Waals surface area contributed by atoms with Gasteiger partial charge in [0.2, 0.25) is 0 Å². The summed E-state index contributed by atoms with van der Waals surface area (Å²) in [4.78, 5) is 14.5. The Balaban J connectivity index is 2.15. The Hall–Kier alpha value is -2.09. The molecule has 0 aliphatic rings. The molecule has 2 rings (SSSR count). The maximum Gasteiger partial charge on any atom is 0.254 e. The standard InChI is InChI=1S/C20H25NO/c1-5-21(15-16-9-7-6-8-10-16)19(22)17-11-13-18(14-12-17)20(2,3)4/h6-14H,5,15H2,1-4H3. The largest absolute Gasteiger partial charge is 0.335 e. The zero-order valence-electron chi connectivity index (χ0n) is 14.0. The van der Waals surface area contributed by atoms with Crippen LogP contribution in [-0.2, 0) is 12.0 Å². The minimum absolute atomic E-state index is 0.0896. The van der Waals surface area contributed by atoms with Crippen molar-refractivity contribution >= 4 is 5.91 Å². The summed E-state index contributed by atoms with van der Waals surface area (Å²) in [6.07, 6.45) is 0. The highest BCUT2D eigenvalue weighted by Crippen LogP contribution is 2.22. The highest BCUT2D eigenvalue weighted by Gasteiger charge is 2.17. The molecule has 2 nitrogen and oxygen atoms in total. The Morgan fingerprint density at radius 2 is 1.55 bits per heavy atom. The van der Waals surface area contributed by atoms with Gasteiger partial charge in [0.05, 0.1) is 0 Å². The molecule has 0 unspecified atom stereocenters. The van der Waals surface area contributed by atoms with Gasteiger partial charge in [0.1, 0.15) is 0 Å². The van der Waals surface area contributed by atoms with Crippen molar-refractivity contribution in [2.45, 2.75) is 39.7 Å². The SMILES string of the molecule is CCN(Cc1ccccc1)C(=O)c1ccc(C(C)(C)C)cc1. The average molecular weight is 295 g/mol. The minimum atomic E-state index is 0.0896. The van der Waals surface area contributed by atoms with E-state index in [-0.39, 0.29) is 11.3 Å². The average Bonchev–Trinajstić information content (AvgIpc) is 2.52. The van der Waals surface area contributed by atoms with Crippen molar-refractivity contribution in [1.29, 1.82) is 0 Å². The molecule has 116 valence electrons. The summed E-state index contributed by atoms with van der Waals surface area (Å²) in [6.45, 7) is 9.91. The summed E-state index contributed by atoms with van der Waals surface area (Å²) < 4.78 is 0. The number of carbonyl (C=O) groups excluding carboxylic acids is 1. The second-order valence-electron chi connectivity index (χ2n) is 6.63. The lowest BCUT2D eigenvalue weighted by molar-refractivity contribution is 0.0752. The van der Waals surface area contributed by atoms with Crippen molar-refractivity contribution in [2.75, 3.05) is 6.54 Å². The second-order valence-corrected chi connectivity index (χ2v) is 6.63. The van der Waals surface area contributed by atoms with Crippen LogP contribution in [0, 0.1) is 0 Å². The van der Waals surface area contributed by atoms with E-state index >= 15 is 0 Å². The summed E-state index contributed by atoms with van der Waals surface area (Å²) in [5.74, 6) is 0.0896. The molecule has 0 bridgehead atoms. The monoisotopic (exact) mass is 295 g/mol. The van der Waals surface area contributed by atoms with E-state index in [0.717, 1.165) is 11.1 Å². The Morgan fingerprint density at radius 3 is 2.05 bits per heavy atom. The Labute approximate surface area is 133 Å². The van der Waals surface area contributed by atoms with Gasteiger partial charge in [-0.15, -0.1) is 0 Å². The first kappa shape index (κ1) is 16.3. The number of hydrogen-bond donors (Lipinski definition) is 0. The van der Waals surface area contributed by atoms with Gasteiger partial charge in [0, 0.05) is 18.7 Å². The molecule has 0 aliphatic carbocycles. The summed E-state index contributed by atoms with van der Waals surface area (Å²) in [5.41, 5.74) is 3.26. The van der Waals surface area contributed by atoms with E-state index in [1.165, 1.54) is 5.56 Å². The molecular weight excluding hydrogens is 270 g/mol. The first-order valence-electron chi connectivity index (χ1n) is 7.85. The van der Waals surface area contributed by atoms with Gasteiger partial charge in [-0.25, -0.2) is 0 Å². The molecule has 0 atom stereocenters. The van der Waals surface area contributed by atoms with Crippen LogP contribution >= 0.6 is 0 Å². The molecule has 2 aromatic rings. The maximum absolute atomic E-state index is 12.7. The summed E-state index contributed by atoms with van der Waals surface area (Å²) in [5, 5.41) is 0. The van der Waals surface area contributed by atoms with Gasteiger partial charge in [-0.3, -0.25) is 4.79 Å². The fraction of sp³-hybridized carbons (Fsp3) is 0.350. The molecule has 0 fully saturated rings. The number of hydrogen-bond acceptors (Lipinski definition) is 1. The van der Waals surface area contributed by atoms with Crippen LogP contribution in [0.15, 0.2) is 54.6 Å². The molecular formula is C20H25NO. The van der Waals surface area contributed by atoms with Gasteiger partial charge in [-0.2, -0.15) is 0 Å².